The lowest BCUT2D eigenvalue weighted by molar-refractivity contribution is 0.337. The molecule has 2 heterocycles. The predicted octanol–water partition coefficient (Wildman–Crippen LogP) is 1.03. The van der Waals surface area contributed by atoms with Crippen molar-refractivity contribution in [1.82, 2.24) is 20.2 Å². The normalized spacial score (nSPS) is 21.5. The molecule has 0 aromatic carbocycles. The topological polar surface area (TPSA) is 44.3 Å². The van der Waals surface area contributed by atoms with E-state index in [-0.39, 0.29) is 0 Å². The monoisotopic (exact) mass is 263 g/mol. The summed E-state index contributed by atoms with van der Waals surface area (Å²) in [7, 11) is 4.13. The fraction of sp³-hybridized carbons (Fsp3) is 0.714. The first-order valence-corrected chi connectivity index (χ1v) is 7.04. The Balaban J connectivity index is 2.18. The molecule has 5 heteroatoms. The Hall–Kier alpha value is -1.20. The number of likely N-dealkylation sites (N-methyl/N-ethyl adjacent to an activating group) is 1. The first-order valence-electron chi connectivity index (χ1n) is 7.04. The van der Waals surface area contributed by atoms with Crippen molar-refractivity contribution in [1.29, 1.82) is 0 Å². The maximum Gasteiger partial charge on any atom is 0.225 e. The zero-order valence-electron chi connectivity index (χ0n) is 12.5. The van der Waals surface area contributed by atoms with Gasteiger partial charge in [0, 0.05) is 43.1 Å². The molecule has 0 bridgehead atoms. The van der Waals surface area contributed by atoms with E-state index in [1.807, 2.05) is 13.2 Å². The lowest BCUT2D eigenvalue weighted by atomic mass is 10.2. The Kier molecular flexibility index (Phi) is 4.71. The highest BCUT2D eigenvalue weighted by Gasteiger charge is 2.22. The molecule has 1 aliphatic rings. The molecule has 1 aromatic heterocycles. The summed E-state index contributed by atoms with van der Waals surface area (Å²) in [6.07, 6.45) is 3.12. The van der Waals surface area contributed by atoms with Crippen molar-refractivity contribution in [3.8, 4) is 0 Å². The SMILES string of the molecule is CNCc1cnc(N2CCCN(C)CC2C)nc1C. The summed E-state index contributed by atoms with van der Waals surface area (Å²) >= 11 is 0. The molecule has 1 N–H and O–H groups in total. The summed E-state index contributed by atoms with van der Waals surface area (Å²) in [5.74, 6) is 0.875. The minimum atomic E-state index is 0.460. The lowest BCUT2D eigenvalue weighted by Gasteiger charge is -2.28. The van der Waals surface area contributed by atoms with Gasteiger partial charge in [-0.1, -0.05) is 0 Å². The minimum Gasteiger partial charge on any atom is -0.337 e. The van der Waals surface area contributed by atoms with E-state index >= 15 is 0 Å². The fourth-order valence-electron chi connectivity index (χ4n) is 2.65. The van der Waals surface area contributed by atoms with Crippen LogP contribution >= 0.6 is 0 Å². The van der Waals surface area contributed by atoms with Gasteiger partial charge in [-0.05, 0) is 40.9 Å². The second kappa shape index (κ2) is 6.30. The van der Waals surface area contributed by atoms with Gasteiger partial charge in [0.25, 0.3) is 0 Å². The number of aromatic nitrogens is 2. The third-order valence-corrected chi connectivity index (χ3v) is 3.74. The van der Waals surface area contributed by atoms with Gasteiger partial charge in [-0.25, -0.2) is 9.97 Å². The van der Waals surface area contributed by atoms with Gasteiger partial charge in [-0.3, -0.25) is 0 Å². The largest absolute Gasteiger partial charge is 0.337 e. The van der Waals surface area contributed by atoms with E-state index in [1.165, 1.54) is 12.0 Å². The number of anilines is 1. The second-order valence-corrected chi connectivity index (χ2v) is 5.47. The Bertz CT molecular complexity index is 420. The summed E-state index contributed by atoms with van der Waals surface area (Å²) in [4.78, 5) is 14.0. The summed E-state index contributed by atoms with van der Waals surface area (Å²) in [5.41, 5.74) is 2.25. The molecule has 1 unspecified atom stereocenters. The molecule has 1 aromatic rings. The van der Waals surface area contributed by atoms with Gasteiger partial charge in [-0.15, -0.1) is 0 Å². The van der Waals surface area contributed by atoms with Crippen molar-refractivity contribution in [2.75, 3.05) is 38.6 Å². The number of rotatable bonds is 3. The Morgan fingerprint density at radius 1 is 1.42 bits per heavy atom. The highest BCUT2D eigenvalue weighted by Crippen LogP contribution is 2.17. The van der Waals surface area contributed by atoms with E-state index in [4.69, 9.17) is 0 Å². The standard InChI is InChI=1S/C14H25N5/c1-11-10-18(4)6-5-7-19(11)14-16-9-13(8-15-3)12(2)17-14/h9,11,15H,5-8,10H2,1-4H3. The molecule has 1 aliphatic heterocycles. The Morgan fingerprint density at radius 2 is 2.21 bits per heavy atom. The van der Waals surface area contributed by atoms with Crippen LogP contribution in [0.4, 0.5) is 5.95 Å². The highest BCUT2D eigenvalue weighted by atomic mass is 15.3. The molecule has 1 atom stereocenters. The van der Waals surface area contributed by atoms with Gasteiger partial charge >= 0.3 is 0 Å². The average Bonchev–Trinajstić information content (AvgIpc) is 2.53. The van der Waals surface area contributed by atoms with Crippen LogP contribution in [0.15, 0.2) is 6.20 Å². The van der Waals surface area contributed by atoms with Gasteiger partial charge in [0.05, 0.1) is 0 Å². The Labute approximate surface area is 116 Å². The number of nitrogens with one attached hydrogen (secondary N) is 1. The van der Waals surface area contributed by atoms with Gasteiger partial charge in [0.2, 0.25) is 5.95 Å². The van der Waals surface area contributed by atoms with Crippen molar-refractivity contribution in [3.05, 3.63) is 17.5 Å². The second-order valence-electron chi connectivity index (χ2n) is 5.47. The van der Waals surface area contributed by atoms with Crippen LogP contribution in [0.2, 0.25) is 0 Å². The van der Waals surface area contributed by atoms with Crippen LogP contribution in [0, 0.1) is 6.92 Å². The van der Waals surface area contributed by atoms with Crippen LogP contribution in [0.25, 0.3) is 0 Å². The smallest absolute Gasteiger partial charge is 0.225 e. The maximum atomic E-state index is 4.69. The molecule has 5 nitrogen and oxygen atoms in total. The third kappa shape index (κ3) is 3.42. The molecular formula is C14H25N5. The van der Waals surface area contributed by atoms with Crippen molar-refractivity contribution in [2.24, 2.45) is 0 Å². The lowest BCUT2D eigenvalue weighted by Crippen LogP contribution is -2.39. The van der Waals surface area contributed by atoms with E-state index < -0.39 is 0 Å². The van der Waals surface area contributed by atoms with E-state index in [2.05, 4.69) is 46.0 Å². The predicted molar refractivity (Wildman–Crippen MR) is 78.5 cm³/mol. The van der Waals surface area contributed by atoms with Gasteiger partial charge in [-0.2, -0.15) is 0 Å². The number of nitrogens with zero attached hydrogens (tertiary/aromatic N) is 4. The van der Waals surface area contributed by atoms with E-state index in [1.54, 1.807) is 0 Å². The molecule has 0 aliphatic carbocycles. The first kappa shape index (κ1) is 14.2. The molecule has 2 rings (SSSR count). The molecule has 0 radical (unpaired) electrons. The number of aryl methyl sites for hydroxylation is 1. The molecule has 19 heavy (non-hydrogen) atoms. The summed E-state index contributed by atoms with van der Waals surface area (Å²) in [6.45, 7) is 8.40. The van der Waals surface area contributed by atoms with Crippen LogP contribution in [0.3, 0.4) is 0 Å². The van der Waals surface area contributed by atoms with Crippen molar-refractivity contribution in [2.45, 2.75) is 32.9 Å². The highest BCUT2D eigenvalue weighted by molar-refractivity contribution is 5.34. The van der Waals surface area contributed by atoms with Gasteiger partial charge in [0.15, 0.2) is 0 Å². The maximum absolute atomic E-state index is 4.69. The molecule has 0 amide bonds. The van der Waals surface area contributed by atoms with Crippen LogP contribution < -0.4 is 10.2 Å². The number of hydrogen-bond acceptors (Lipinski definition) is 5. The molecular weight excluding hydrogens is 238 g/mol. The van der Waals surface area contributed by atoms with Crippen LogP contribution in [0.1, 0.15) is 24.6 Å². The number of hydrogen-bond donors (Lipinski definition) is 1. The van der Waals surface area contributed by atoms with Crippen LogP contribution in [-0.4, -0.2) is 54.6 Å². The summed E-state index contributed by atoms with van der Waals surface area (Å²) in [6, 6.07) is 0.460. The summed E-state index contributed by atoms with van der Waals surface area (Å²) in [5, 5.41) is 3.15. The average molecular weight is 263 g/mol. The third-order valence-electron chi connectivity index (χ3n) is 3.74. The zero-order chi connectivity index (χ0) is 13.8. The molecule has 1 fully saturated rings. The first-order chi connectivity index (χ1) is 9.11. The van der Waals surface area contributed by atoms with E-state index in [0.29, 0.717) is 6.04 Å². The zero-order valence-corrected chi connectivity index (χ0v) is 12.5. The molecule has 0 spiro atoms. The summed E-state index contributed by atoms with van der Waals surface area (Å²) < 4.78 is 0. The molecule has 106 valence electrons. The van der Waals surface area contributed by atoms with Crippen molar-refractivity contribution in [3.63, 3.8) is 0 Å². The van der Waals surface area contributed by atoms with Crippen molar-refractivity contribution < 1.29 is 0 Å². The van der Waals surface area contributed by atoms with Crippen LogP contribution in [0.5, 0.6) is 0 Å². The molecule has 1 saturated heterocycles. The Morgan fingerprint density at radius 3 is 2.89 bits per heavy atom. The fourth-order valence-corrected chi connectivity index (χ4v) is 2.65. The van der Waals surface area contributed by atoms with Crippen LogP contribution in [-0.2, 0) is 6.54 Å². The van der Waals surface area contributed by atoms with Crippen molar-refractivity contribution >= 4 is 5.95 Å². The minimum absolute atomic E-state index is 0.460. The van der Waals surface area contributed by atoms with Gasteiger partial charge < -0.3 is 15.1 Å². The quantitative estimate of drug-likeness (QED) is 0.882. The van der Waals surface area contributed by atoms with E-state index in [0.717, 1.165) is 37.8 Å². The van der Waals surface area contributed by atoms with Gasteiger partial charge in [0.1, 0.15) is 0 Å². The van der Waals surface area contributed by atoms with E-state index in [9.17, 15) is 0 Å². The molecule has 0 saturated carbocycles.